The number of aromatic nitrogens is 1. The van der Waals surface area contributed by atoms with Gasteiger partial charge in [-0.2, -0.15) is 0 Å². The summed E-state index contributed by atoms with van der Waals surface area (Å²) < 4.78 is 5.59. The molecule has 1 amide bonds. The molecule has 0 spiro atoms. The summed E-state index contributed by atoms with van der Waals surface area (Å²) in [7, 11) is 0. The molecule has 1 saturated carbocycles. The van der Waals surface area contributed by atoms with Crippen LogP contribution >= 0.6 is 0 Å². The number of hydrogen-bond acceptors (Lipinski definition) is 4. The van der Waals surface area contributed by atoms with Gasteiger partial charge in [0, 0.05) is 18.8 Å². The average Bonchev–Trinajstić information content (AvgIpc) is 3.01. The number of para-hydroxylation sites is 1. The number of hydrogen-bond donors (Lipinski definition) is 2. The number of aliphatic hydroxyl groups is 1. The number of nitrogens with one attached hydrogen (secondary N) is 1. The minimum Gasteiger partial charge on any atom is -0.439 e. The quantitative estimate of drug-likeness (QED) is 0.890. The fourth-order valence-corrected chi connectivity index (χ4v) is 2.74. The molecule has 2 aromatic rings. The van der Waals surface area contributed by atoms with Crippen molar-refractivity contribution in [2.45, 2.75) is 31.3 Å². The molecule has 0 bridgehead atoms. The van der Waals surface area contributed by atoms with Crippen LogP contribution in [-0.4, -0.2) is 28.1 Å². The minimum absolute atomic E-state index is 0.232. The summed E-state index contributed by atoms with van der Waals surface area (Å²) in [5, 5.41) is 13.0. The molecule has 0 aliphatic heterocycles. The molecule has 0 atom stereocenters. The lowest BCUT2D eigenvalue weighted by atomic mass is 10.0. The van der Waals surface area contributed by atoms with Gasteiger partial charge < -0.3 is 15.2 Å². The molecule has 5 heteroatoms. The average molecular weight is 312 g/mol. The molecule has 1 aromatic heterocycles. The van der Waals surface area contributed by atoms with Crippen LogP contribution in [0.4, 0.5) is 0 Å². The number of rotatable bonds is 5. The summed E-state index contributed by atoms with van der Waals surface area (Å²) >= 11 is 0. The largest absolute Gasteiger partial charge is 0.439 e. The second-order valence-corrected chi connectivity index (χ2v) is 5.91. The first-order chi connectivity index (χ1) is 11.1. The van der Waals surface area contributed by atoms with Gasteiger partial charge in [-0.3, -0.25) is 4.79 Å². The van der Waals surface area contributed by atoms with Gasteiger partial charge in [0.15, 0.2) is 0 Å². The first-order valence-corrected chi connectivity index (χ1v) is 7.84. The fourth-order valence-electron chi connectivity index (χ4n) is 2.74. The van der Waals surface area contributed by atoms with Crippen molar-refractivity contribution in [3.63, 3.8) is 0 Å². The van der Waals surface area contributed by atoms with Crippen molar-refractivity contribution >= 4 is 5.91 Å². The van der Waals surface area contributed by atoms with Crippen LogP contribution in [0.15, 0.2) is 48.7 Å². The number of carbonyl (C=O) groups excluding carboxylic acids is 1. The van der Waals surface area contributed by atoms with Gasteiger partial charge in [0.25, 0.3) is 5.91 Å². The van der Waals surface area contributed by atoms with E-state index in [0.717, 1.165) is 25.7 Å². The Morgan fingerprint density at radius 1 is 1.17 bits per heavy atom. The Hall–Kier alpha value is -2.40. The SMILES string of the molecule is O=C(NCC1(O)CCCC1)c1ccc(Oc2ccccc2)nc1. The predicted octanol–water partition coefficient (Wildman–Crippen LogP) is 2.91. The normalized spacial score (nSPS) is 16.0. The molecule has 1 heterocycles. The zero-order valence-electron chi connectivity index (χ0n) is 12.9. The van der Waals surface area contributed by atoms with Crippen molar-refractivity contribution < 1.29 is 14.6 Å². The van der Waals surface area contributed by atoms with Crippen LogP contribution < -0.4 is 10.1 Å². The molecule has 23 heavy (non-hydrogen) atoms. The Morgan fingerprint density at radius 2 is 1.91 bits per heavy atom. The van der Waals surface area contributed by atoms with E-state index in [1.807, 2.05) is 30.3 Å². The highest BCUT2D eigenvalue weighted by molar-refractivity contribution is 5.93. The summed E-state index contributed by atoms with van der Waals surface area (Å²) in [4.78, 5) is 16.3. The standard InChI is InChI=1S/C18H20N2O3/c21-17(20-13-18(22)10-4-5-11-18)14-8-9-16(19-12-14)23-15-6-2-1-3-7-15/h1-3,6-9,12,22H,4-5,10-11,13H2,(H,20,21). The van der Waals surface area contributed by atoms with Gasteiger partial charge in [-0.1, -0.05) is 31.0 Å². The third-order valence-electron chi connectivity index (χ3n) is 4.08. The predicted molar refractivity (Wildman–Crippen MR) is 86.5 cm³/mol. The van der Waals surface area contributed by atoms with Gasteiger partial charge in [-0.25, -0.2) is 4.98 Å². The Labute approximate surface area is 135 Å². The lowest BCUT2D eigenvalue weighted by Crippen LogP contribution is -2.40. The Balaban J connectivity index is 1.57. The molecule has 120 valence electrons. The molecule has 5 nitrogen and oxygen atoms in total. The lowest BCUT2D eigenvalue weighted by Gasteiger charge is -2.22. The van der Waals surface area contributed by atoms with Gasteiger partial charge in [0.2, 0.25) is 5.88 Å². The van der Waals surface area contributed by atoms with E-state index in [-0.39, 0.29) is 12.5 Å². The van der Waals surface area contributed by atoms with Gasteiger partial charge in [-0.15, -0.1) is 0 Å². The van der Waals surface area contributed by atoms with Crippen molar-refractivity contribution in [1.29, 1.82) is 0 Å². The summed E-state index contributed by atoms with van der Waals surface area (Å²) in [5.74, 6) is 0.895. The molecule has 3 rings (SSSR count). The van der Waals surface area contributed by atoms with Crippen molar-refractivity contribution in [3.05, 3.63) is 54.2 Å². The molecule has 1 aliphatic carbocycles. The van der Waals surface area contributed by atoms with E-state index < -0.39 is 5.60 Å². The van der Waals surface area contributed by atoms with Crippen molar-refractivity contribution in [2.75, 3.05) is 6.54 Å². The Kier molecular flexibility index (Phi) is 4.57. The molecule has 1 fully saturated rings. The van der Waals surface area contributed by atoms with E-state index >= 15 is 0 Å². The van der Waals surface area contributed by atoms with Crippen molar-refractivity contribution in [1.82, 2.24) is 10.3 Å². The van der Waals surface area contributed by atoms with Gasteiger partial charge >= 0.3 is 0 Å². The summed E-state index contributed by atoms with van der Waals surface area (Å²) in [6.07, 6.45) is 5.00. The smallest absolute Gasteiger partial charge is 0.252 e. The van der Waals surface area contributed by atoms with Gasteiger partial charge in [0.05, 0.1) is 11.2 Å². The van der Waals surface area contributed by atoms with Gasteiger partial charge in [0.1, 0.15) is 5.75 Å². The monoisotopic (exact) mass is 312 g/mol. The second kappa shape index (κ2) is 6.79. The number of pyridine rings is 1. The number of benzene rings is 1. The van der Waals surface area contributed by atoms with Gasteiger partial charge in [-0.05, 0) is 31.0 Å². The number of carbonyl (C=O) groups is 1. The zero-order valence-corrected chi connectivity index (χ0v) is 12.9. The highest BCUT2D eigenvalue weighted by Gasteiger charge is 2.31. The van der Waals surface area contributed by atoms with Crippen LogP contribution in [0, 0.1) is 0 Å². The van der Waals surface area contributed by atoms with Crippen molar-refractivity contribution in [2.24, 2.45) is 0 Å². The molecule has 2 N–H and O–H groups in total. The molecule has 0 unspecified atom stereocenters. The van der Waals surface area contributed by atoms with Crippen molar-refractivity contribution in [3.8, 4) is 11.6 Å². The lowest BCUT2D eigenvalue weighted by molar-refractivity contribution is 0.0449. The number of nitrogens with zero attached hydrogens (tertiary/aromatic N) is 1. The zero-order chi connectivity index (χ0) is 16.1. The summed E-state index contributed by atoms with van der Waals surface area (Å²) in [6.45, 7) is 0.286. The highest BCUT2D eigenvalue weighted by atomic mass is 16.5. The Morgan fingerprint density at radius 3 is 2.57 bits per heavy atom. The number of amides is 1. The minimum atomic E-state index is -0.751. The van der Waals surface area contributed by atoms with E-state index in [9.17, 15) is 9.90 Å². The molecule has 0 saturated heterocycles. The topological polar surface area (TPSA) is 71.5 Å². The van der Waals surface area contributed by atoms with Crippen LogP contribution in [0.1, 0.15) is 36.0 Å². The maximum atomic E-state index is 12.1. The summed E-state index contributed by atoms with van der Waals surface area (Å²) in [6, 6.07) is 12.7. The van der Waals surface area contributed by atoms with E-state index in [4.69, 9.17) is 4.74 Å². The molecule has 1 aliphatic rings. The first kappa shape index (κ1) is 15.5. The van der Waals surface area contributed by atoms with E-state index in [1.54, 1.807) is 12.1 Å². The molecule has 1 aromatic carbocycles. The van der Waals surface area contributed by atoms with Crippen LogP contribution in [0.25, 0.3) is 0 Å². The molecule has 0 radical (unpaired) electrons. The van der Waals surface area contributed by atoms with E-state index in [1.165, 1.54) is 6.20 Å². The van der Waals surface area contributed by atoms with Crippen LogP contribution in [0.5, 0.6) is 11.6 Å². The maximum absolute atomic E-state index is 12.1. The van der Waals surface area contributed by atoms with Crippen LogP contribution in [-0.2, 0) is 0 Å². The van der Waals surface area contributed by atoms with Crippen LogP contribution in [0.3, 0.4) is 0 Å². The third-order valence-corrected chi connectivity index (χ3v) is 4.08. The maximum Gasteiger partial charge on any atom is 0.252 e. The molecular formula is C18H20N2O3. The van der Waals surface area contributed by atoms with E-state index in [0.29, 0.717) is 17.2 Å². The molecular weight excluding hydrogens is 292 g/mol. The fraction of sp³-hybridized carbons (Fsp3) is 0.333. The third kappa shape index (κ3) is 4.07. The van der Waals surface area contributed by atoms with Crippen LogP contribution in [0.2, 0.25) is 0 Å². The second-order valence-electron chi connectivity index (χ2n) is 5.91. The Bertz CT molecular complexity index is 650. The number of ether oxygens (including phenoxy) is 1. The first-order valence-electron chi connectivity index (χ1n) is 7.84. The van der Waals surface area contributed by atoms with E-state index in [2.05, 4.69) is 10.3 Å². The highest BCUT2D eigenvalue weighted by Crippen LogP contribution is 2.28. The summed E-state index contributed by atoms with van der Waals surface area (Å²) in [5.41, 5.74) is -0.300.